The van der Waals surface area contributed by atoms with Crippen LogP contribution >= 0.6 is 0 Å². The van der Waals surface area contributed by atoms with Crippen LogP contribution in [-0.2, 0) is 11.2 Å². The number of amides is 1. The van der Waals surface area contributed by atoms with E-state index in [2.05, 4.69) is 10.3 Å². The number of methoxy groups -OCH3 is 1. The van der Waals surface area contributed by atoms with Crippen molar-refractivity contribution in [2.45, 2.75) is 19.8 Å². The SMILES string of the molecule is COc1ccc(C)cc1NC(=O)CCc1ncc(-c2ccccc2F)o1. The summed E-state index contributed by atoms with van der Waals surface area (Å²) in [7, 11) is 1.55. The summed E-state index contributed by atoms with van der Waals surface area (Å²) in [5.41, 5.74) is 1.99. The first-order valence-corrected chi connectivity index (χ1v) is 8.21. The van der Waals surface area contributed by atoms with Crippen LogP contribution in [0, 0.1) is 12.7 Å². The lowest BCUT2D eigenvalue weighted by molar-refractivity contribution is -0.116. The zero-order valence-electron chi connectivity index (χ0n) is 14.6. The van der Waals surface area contributed by atoms with E-state index in [1.54, 1.807) is 31.4 Å². The maximum Gasteiger partial charge on any atom is 0.224 e. The third-order valence-corrected chi connectivity index (χ3v) is 3.89. The third-order valence-electron chi connectivity index (χ3n) is 3.89. The first kappa shape index (κ1) is 17.7. The van der Waals surface area contributed by atoms with Gasteiger partial charge in [0.15, 0.2) is 11.7 Å². The van der Waals surface area contributed by atoms with Crippen LogP contribution in [0.5, 0.6) is 5.75 Å². The first-order chi connectivity index (χ1) is 12.6. The molecule has 0 saturated heterocycles. The van der Waals surface area contributed by atoms with E-state index < -0.39 is 0 Å². The number of aromatic nitrogens is 1. The van der Waals surface area contributed by atoms with E-state index in [9.17, 15) is 9.18 Å². The highest BCUT2D eigenvalue weighted by Gasteiger charge is 2.13. The summed E-state index contributed by atoms with van der Waals surface area (Å²) in [6.45, 7) is 1.94. The van der Waals surface area contributed by atoms with Crippen molar-refractivity contribution >= 4 is 11.6 Å². The van der Waals surface area contributed by atoms with E-state index in [-0.39, 0.29) is 18.1 Å². The number of oxazole rings is 1. The van der Waals surface area contributed by atoms with Crippen LogP contribution in [0.2, 0.25) is 0 Å². The van der Waals surface area contributed by atoms with Gasteiger partial charge in [0.2, 0.25) is 5.91 Å². The normalized spacial score (nSPS) is 10.6. The van der Waals surface area contributed by atoms with Crippen molar-refractivity contribution < 1.29 is 18.3 Å². The van der Waals surface area contributed by atoms with Crippen LogP contribution in [0.25, 0.3) is 11.3 Å². The molecular formula is C20H19FN2O3. The van der Waals surface area contributed by atoms with Crippen molar-refractivity contribution in [2.75, 3.05) is 12.4 Å². The van der Waals surface area contributed by atoms with Gasteiger partial charge in [-0.3, -0.25) is 4.79 Å². The fourth-order valence-electron chi connectivity index (χ4n) is 2.56. The maximum absolute atomic E-state index is 13.8. The monoisotopic (exact) mass is 354 g/mol. The maximum atomic E-state index is 13.8. The van der Waals surface area contributed by atoms with Crippen molar-refractivity contribution in [1.82, 2.24) is 4.98 Å². The van der Waals surface area contributed by atoms with Gasteiger partial charge in [-0.25, -0.2) is 9.37 Å². The van der Waals surface area contributed by atoms with Gasteiger partial charge in [-0.15, -0.1) is 0 Å². The smallest absolute Gasteiger partial charge is 0.224 e. The number of rotatable bonds is 6. The molecule has 0 aliphatic heterocycles. The van der Waals surface area contributed by atoms with Crippen LogP contribution in [0.3, 0.4) is 0 Å². The predicted octanol–water partition coefficient (Wildman–Crippen LogP) is 4.37. The number of anilines is 1. The minimum atomic E-state index is -0.375. The molecule has 26 heavy (non-hydrogen) atoms. The van der Waals surface area contributed by atoms with Gasteiger partial charge in [-0.2, -0.15) is 0 Å². The molecule has 2 aromatic carbocycles. The lowest BCUT2D eigenvalue weighted by atomic mass is 10.2. The number of ether oxygens (including phenoxy) is 1. The van der Waals surface area contributed by atoms with Crippen molar-refractivity contribution in [3.05, 3.63) is 65.9 Å². The highest BCUT2D eigenvalue weighted by Crippen LogP contribution is 2.26. The van der Waals surface area contributed by atoms with Gasteiger partial charge in [-0.1, -0.05) is 18.2 Å². The molecule has 0 aliphatic rings. The van der Waals surface area contributed by atoms with E-state index in [1.165, 1.54) is 12.3 Å². The van der Waals surface area contributed by atoms with Gasteiger partial charge >= 0.3 is 0 Å². The van der Waals surface area contributed by atoms with Crippen molar-refractivity contribution in [1.29, 1.82) is 0 Å². The molecule has 0 spiro atoms. The number of nitrogens with zero attached hydrogens (tertiary/aromatic N) is 1. The van der Waals surface area contributed by atoms with E-state index in [0.717, 1.165) is 5.56 Å². The van der Waals surface area contributed by atoms with Crippen LogP contribution in [0.1, 0.15) is 17.9 Å². The molecular weight excluding hydrogens is 335 g/mol. The fraction of sp³-hybridized carbons (Fsp3) is 0.200. The zero-order valence-corrected chi connectivity index (χ0v) is 14.6. The number of benzene rings is 2. The Morgan fingerprint density at radius 3 is 2.85 bits per heavy atom. The number of halogens is 1. The van der Waals surface area contributed by atoms with Crippen molar-refractivity contribution in [3.8, 4) is 17.1 Å². The van der Waals surface area contributed by atoms with E-state index >= 15 is 0 Å². The first-order valence-electron chi connectivity index (χ1n) is 8.21. The molecule has 1 amide bonds. The van der Waals surface area contributed by atoms with Gasteiger partial charge in [0.1, 0.15) is 11.6 Å². The van der Waals surface area contributed by atoms with Gasteiger partial charge in [0, 0.05) is 12.8 Å². The summed E-state index contributed by atoms with van der Waals surface area (Å²) in [4.78, 5) is 16.3. The van der Waals surface area contributed by atoms with Crippen LogP contribution in [0.15, 0.2) is 53.1 Å². The van der Waals surface area contributed by atoms with Crippen LogP contribution in [0.4, 0.5) is 10.1 Å². The third kappa shape index (κ3) is 4.08. The Morgan fingerprint density at radius 2 is 2.08 bits per heavy atom. The van der Waals surface area contributed by atoms with Gasteiger partial charge in [0.05, 0.1) is 24.6 Å². The second kappa shape index (κ2) is 7.82. The van der Waals surface area contributed by atoms with Gasteiger partial charge in [-0.05, 0) is 36.8 Å². The Morgan fingerprint density at radius 1 is 1.27 bits per heavy atom. The molecule has 1 N–H and O–H groups in total. The topological polar surface area (TPSA) is 64.4 Å². The molecule has 0 saturated carbocycles. The number of hydrogen-bond acceptors (Lipinski definition) is 4. The molecule has 3 aromatic rings. The lowest BCUT2D eigenvalue weighted by Crippen LogP contribution is -2.13. The van der Waals surface area contributed by atoms with Crippen LogP contribution in [-0.4, -0.2) is 18.0 Å². The molecule has 0 bridgehead atoms. The summed E-state index contributed by atoms with van der Waals surface area (Å²) < 4.78 is 24.6. The number of nitrogens with one attached hydrogen (secondary N) is 1. The largest absolute Gasteiger partial charge is 0.495 e. The summed E-state index contributed by atoms with van der Waals surface area (Å²) in [5, 5.41) is 2.83. The summed E-state index contributed by atoms with van der Waals surface area (Å²) in [5.74, 6) is 0.773. The van der Waals surface area contributed by atoms with Gasteiger partial charge < -0.3 is 14.5 Å². The zero-order chi connectivity index (χ0) is 18.5. The van der Waals surface area contributed by atoms with Crippen LogP contribution < -0.4 is 10.1 Å². The second-order valence-corrected chi connectivity index (χ2v) is 5.85. The van der Waals surface area contributed by atoms with Crippen molar-refractivity contribution in [2.24, 2.45) is 0 Å². The number of carbonyl (C=O) groups excluding carboxylic acids is 1. The van der Waals surface area contributed by atoms with E-state index in [0.29, 0.717) is 35.1 Å². The molecule has 0 unspecified atom stereocenters. The molecule has 0 fully saturated rings. The minimum Gasteiger partial charge on any atom is -0.495 e. The Labute approximate surface area is 150 Å². The summed E-state index contributed by atoms with van der Waals surface area (Å²) >= 11 is 0. The quantitative estimate of drug-likeness (QED) is 0.714. The van der Waals surface area contributed by atoms with E-state index in [1.807, 2.05) is 19.1 Å². The molecule has 0 radical (unpaired) electrons. The molecule has 0 atom stereocenters. The number of hydrogen-bond donors (Lipinski definition) is 1. The molecule has 1 aromatic heterocycles. The average molecular weight is 354 g/mol. The molecule has 134 valence electrons. The molecule has 6 heteroatoms. The highest BCUT2D eigenvalue weighted by molar-refractivity contribution is 5.92. The van der Waals surface area contributed by atoms with E-state index in [4.69, 9.17) is 9.15 Å². The number of aryl methyl sites for hydroxylation is 2. The summed E-state index contributed by atoms with van der Waals surface area (Å²) in [6, 6.07) is 11.9. The second-order valence-electron chi connectivity index (χ2n) is 5.85. The average Bonchev–Trinajstić information content (AvgIpc) is 3.09. The van der Waals surface area contributed by atoms with Crippen molar-refractivity contribution in [3.63, 3.8) is 0 Å². The Bertz CT molecular complexity index is 921. The lowest BCUT2D eigenvalue weighted by Gasteiger charge is -2.10. The highest BCUT2D eigenvalue weighted by atomic mass is 19.1. The Kier molecular flexibility index (Phi) is 5.31. The molecule has 5 nitrogen and oxygen atoms in total. The minimum absolute atomic E-state index is 0.181. The molecule has 3 rings (SSSR count). The number of carbonyl (C=O) groups is 1. The Balaban J connectivity index is 1.62. The fourth-order valence-corrected chi connectivity index (χ4v) is 2.56. The molecule has 1 heterocycles. The molecule has 0 aliphatic carbocycles. The Hall–Kier alpha value is -3.15. The summed E-state index contributed by atoms with van der Waals surface area (Å²) in [6.07, 6.45) is 1.97. The van der Waals surface area contributed by atoms with Gasteiger partial charge in [0.25, 0.3) is 0 Å². The predicted molar refractivity (Wildman–Crippen MR) is 96.6 cm³/mol. The standard InChI is InChI=1S/C20H19FN2O3/c1-13-7-8-17(25-2)16(11-13)23-19(24)9-10-20-22-12-18(26-20)14-5-3-4-6-15(14)21/h3-8,11-12H,9-10H2,1-2H3,(H,23,24).